The third kappa shape index (κ3) is 3.08. The number of amides is 1. The Bertz CT molecular complexity index is 752. The molecule has 1 aromatic heterocycles. The maximum atomic E-state index is 12.8. The summed E-state index contributed by atoms with van der Waals surface area (Å²) in [6.45, 7) is 7.98. The molecule has 1 saturated heterocycles. The Labute approximate surface area is 151 Å². The standard InChI is InChI=1S/C19H24N2OS2/c1-18(2)8-13-9-19(3,11-18)12-21(13)16(22)10-23-17-20-14-6-4-5-7-15(14)24-17/h4-7,13H,8-12H2,1-3H3/t13-,19-/m0/s1. The lowest BCUT2D eigenvalue weighted by Gasteiger charge is -2.39. The monoisotopic (exact) mass is 360 g/mol. The number of nitrogens with zero attached hydrogens (tertiary/aromatic N) is 2. The van der Waals surface area contributed by atoms with Gasteiger partial charge in [-0.05, 0) is 42.2 Å². The number of hydrogen-bond donors (Lipinski definition) is 0. The quantitative estimate of drug-likeness (QED) is 0.736. The highest BCUT2D eigenvalue weighted by atomic mass is 32.2. The van der Waals surface area contributed by atoms with E-state index in [2.05, 4.69) is 36.7 Å². The van der Waals surface area contributed by atoms with E-state index in [4.69, 9.17) is 0 Å². The van der Waals surface area contributed by atoms with Gasteiger partial charge in [-0.15, -0.1) is 11.3 Å². The number of benzene rings is 1. The van der Waals surface area contributed by atoms with E-state index in [0.29, 0.717) is 22.6 Å². The number of rotatable bonds is 3. The molecule has 0 N–H and O–H groups in total. The van der Waals surface area contributed by atoms with Crippen LogP contribution in [0, 0.1) is 10.8 Å². The van der Waals surface area contributed by atoms with Gasteiger partial charge < -0.3 is 4.90 Å². The second-order valence-electron chi connectivity index (χ2n) is 8.47. The fourth-order valence-electron chi connectivity index (χ4n) is 4.87. The van der Waals surface area contributed by atoms with Crippen molar-refractivity contribution in [1.29, 1.82) is 0 Å². The zero-order valence-corrected chi connectivity index (χ0v) is 16.2. The molecule has 0 radical (unpaired) electrons. The van der Waals surface area contributed by atoms with Gasteiger partial charge in [0.05, 0.1) is 16.0 Å². The molecule has 5 heteroatoms. The normalized spacial score (nSPS) is 28.5. The molecule has 128 valence electrons. The Balaban J connectivity index is 1.43. The van der Waals surface area contributed by atoms with Crippen LogP contribution in [0.25, 0.3) is 10.2 Å². The van der Waals surface area contributed by atoms with Gasteiger partial charge >= 0.3 is 0 Å². The zero-order chi connectivity index (χ0) is 16.9. The fourth-order valence-corrected chi connectivity index (χ4v) is 6.83. The summed E-state index contributed by atoms with van der Waals surface area (Å²) >= 11 is 3.27. The Hall–Kier alpha value is -1.07. The molecule has 1 amide bonds. The molecule has 2 aliphatic rings. The minimum absolute atomic E-state index is 0.283. The van der Waals surface area contributed by atoms with Crippen LogP contribution in [-0.2, 0) is 4.79 Å². The van der Waals surface area contributed by atoms with Crippen molar-refractivity contribution in [3.8, 4) is 0 Å². The van der Waals surface area contributed by atoms with Gasteiger partial charge in [0.1, 0.15) is 0 Å². The molecular formula is C19H24N2OS2. The van der Waals surface area contributed by atoms with Crippen LogP contribution < -0.4 is 0 Å². The van der Waals surface area contributed by atoms with Gasteiger partial charge in [-0.25, -0.2) is 4.98 Å². The second-order valence-corrected chi connectivity index (χ2v) is 10.7. The largest absolute Gasteiger partial charge is 0.338 e. The number of likely N-dealkylation sites (tertiary alicyclic amines) is 1. The molecular weight excluding hydrogens is 336 g/mol. The number of thiazole rings is 1. The number of hydrogen-bond acceptors (Lipinski definition) is 4. The van der Waals surface area contributed by atoms with E-state index < -0.39 is 0 Å². The van der Waals surface area contributed by atoms with E-state index in [9.17, 15) is 4.79 Å². The van der Waals surface area contributed by atoms with Gasteiger partial charge in [-0.3, -0.25) is 4.79 Å². The fraction of sp³-hybridized carbons (Fsp3) is 0.579. The summed E-state index contributed by atoms with van der Waals surface area (Å²) in [5.41, 5.74) is 1.69. The number of fused-ring (bicyclic) bond motifs is 3. The summed E-state index contributed by atoms with van der Waals surface area (Å²) in [7, 11) is 0. The predicted octanol–water partition coefficient (Wildman–Crippen LogP) is 4.82. The van der Waals surface area contributed by atoms with Gasteiger partial charge in [-0.2, -0.15) is 0 Å². The molecule has 0 spiro atoms. The lowest BCUT2D eigenvalue weighted by molar-refractivity contribution is -0.129. The number of aromatic nitrogens is 1. The van der Waals surface area contributed by atoms with Crippen molar-refractivity contribution in [2.45, 2.75) is 50.4 Å². The van der Waals surface area contributed by atoms with Crippen LogP contribution in [0.4, 0.5) is 0 Å². The van der Waals surface area contributed by atoms with Crippen molar-refractivity contribution in [2.75, 3.05) is 12.3 Å². The van der Waals surface area contributed by atoms with E-state index in [1.807, 2.05) is 18.2 Å². The molecule has 2 heterocycles. The van der Waals surface area contributed by atoms with Crippen molar-refractivity contribution in [2.24, 2.45) is 10.8 Å². The van der Waals surface area contributed by atoms with Gasteiger partial charge in [0, 0.05) is 12.6 Å². The molecule has 0 unspecified atom stereocenters. The van der Waals surface area contributed by atoms with Crippen LogP contribution in [0.15, 0.2) is 28.6 Å². The third-order valence-corrected chi connectivity index (χ3v) is 7.49. The molecule has 1 aliphatic carbocycles. The van der Waals surface area contributed by atoms with Crippen LogP contribution >= 0.6 is 23.1 Å². The van der Waals surface area contributed by atoms with Crippen LogP contribution in [0.5, 0.6) is 0 Å². The highest BCUT2D eigenvalue weighted by molar-refractivity contribution is 8.01. The summed E-state index contributed by atoms with van der Waals surface area (Å²) in [5.74, 6) is 0.790. The third-order valence-electron chi connectivity index (χ3n) is 5.33. The molecule has 1 saturated carbocycles. The van der Waals surface area contributed by atoms with Crippen LogP contribution in [0.1, 0.15) is 40.0 Å². The summed E-state index contributed by atoms with van der Waals surface area (Å²) in [5, 5.41) is 0. The zero-order valence-electron chi connectivity index (χ0n) is 14.5. The Morgan fingerprint density at radius 1 is 1.33 bits per heavy atom. The van der Waals surface area contributed by atoms with Crippen molar-refractivity contribution >= 4 is 39.2 Å². The lowest BCUT2D eigenvalue weighted by atomic mass is 9.65. The first-order chi connectivity index (χ1) is 11.3. The minimum atomic E-state index is 0.283. The van der Waals surface area contributed by atoms with Crippen molar-refractivity contribution in [3.05, 3.63) is 24.3 Å². The molecule has 4 rings (SSSR count). The summed E-state index contributed by atoms with van der Waals surface area (Å²) in [6.07, 6.45) is 3.54. The number of carbonyl (C=O) groups excluding carboxylic acids is 1. The van der Waals surface area contributed by atoms with E-state index in [1.54, 1.807) is 23.1 Å². The first-order valence-corrected chi connectivity index (χ1v) is 10.4. The second kappa shape index (κ2) is 5.73. The average molecular weight is 361 g/mol. The molecule has 2 atom stereocenters. The van der Waals surface area contributed by atoms with Gasteiger partial charge in [0.25, 0.3) is 0 Å². The smallest absolute Gasteiger partial charge is 0.233 e. The molecule has 1 aromatic carbocycles. The van der Waals surface area contributed by atoms with Crippen LogP contribution in [-0.4, -0.2) is 34.1 Å². The Morgan fingerprint density at radius 2 is 2.12 bits per heavy atom. The molecule has 24 heavy (non-hydrogen) atoms. The van der Waals surface area contributed by atoms with Crippen molar-refractivity contribution in [1.82, 2.24) is 9.88 Å². The first-order valence-electron chi connectivity index (χ1n) is 8.62. The topological polar surface area (TPSA) is 33.2 Å². The number of carbonyl (C=O) groups is 1. The van der Waals surface area contributed by atoms with Gasteiger partial charge in [0.15, 0.2) is 4.34 Å². The SMILES string of the molecule is CC1(C)C[C@H]2C[C@](C)(CN2C(=O)CSc2nc3ccccc3s2)C1. The number of thioether (sulfide) groups is 1. The highest BCUT2D eigenvalue weighted by Crippen LogP contribution is 2.52. The molecule has 2 aromatic rings. The van der Waals surface area contributed by atoms with Gasteiger partial charge in [-0.1, -0.05) is 44.7 Å². The van der Waals surface area contributed by atoms with Crippen LogP contribution in [0.3, 0.4) is 0 Å². The summed E-state index contributed by atoms with van der Waals surface area (Å²) < 4.78 is 2.19. The Morgan fingerprint density at radius 3 is 2.92 bits per heavy atom. The molecule has 2 bridgehead atoms. The molecule has 3 nitrogen and oxygen atoms in total. The summed E-state index contributed by atoms with van der Waals surface area (Å²) in [6, 6.07) is 8.60. The molecule has 1 aliphatic heterocycles. The van der Waals surface area contributed by atoms with E-state index in [-0.39, 0.29) is 5.91 Å². The van der Waals surface area contributed by atoms with E-state index in [1.165, 1.54) is 17.5 Å². The minimum Gasteiger partial charge on any atom is -0.338 e. The summed E-state index contributed by atoms with van der Waals surface area (Å²) in [4.78, 5) is 19.6. The molecule has 2 fully saturated rings. The maximum Gasteiger partial charge on any atom is 0.233 e. The number of para-hydroxylation sites is 1. The van der Waals surface area contributed by atoms with Crippen LogP contribution in [0.2, 0.25) is 0 Å². The lowest BCUT2D eigenvalue weighted by Crippen LogP contribution is -2.38. The first kappa shape index (κ1) is 16.4. The van der Waals surface area contributed by atoms with Crippen molar-refractivity contribution < 1.29 is 4.79 Å². The Kier molecular flexibility index (Phi) is 3.92. The average Bonchev–Trinajstić information content (AvgIpc) is 3.01. The van der Waals surface area contributed by atoms with E-state index in [0.717, 1.165) is 22.8 Å². The van der Waals surface area contributed by atoms with E-state index >= 15 is 0 Å². The van der Waals surface area contributed by atoms with Crippen molar-refractivity contribution in [3.63, 3.8) is 0 Å². The predicted molar refractivity (Wildman–Crippen MR) is 102 cm³/mol. The highest BCUT2D eigenvalue weighted by Gasteiger charge is 2.50. The van der Waals surface area contributed by atoms with Gasteiger partial charge in [0.2, 0.25) is 5.91 Å². The maximum absolute atomic E-state index is 12.8.